The zero-order valence-electron chi connectivity index (χ0n) is 11.1. The molecule has 0 bridgehead atoms. The molecule has 1 atom stereocenters. The summed E-state index contributed by atoms with van der Waals surface area (Å²) in [4.78, 5) is 24.0. The minimum Gasteiger partial charge on any atom is -0.480 e. The number of rotatable bonds is 7. The molecule has 1 aromatic rings. The van der Waals surface area contributed by atoms with E-state index in [1.165, 1.54) is 6.08 Å². The van der Waals surface area contributed by atoms with Crippen LogP contribution in [0.5, 0.6) is 5.75 Å². The van der Waals surface area contributed by atoms with Crippen LogP contribution in [0.2, 0.25) is 5.02 Å². The molecule has 0 spiro atoms. The summed E-state index contributed by atoms with van der Waals surface area (Å²) in [6.45, 7) is 4.78. The summed E-state index contributed by atoms with van der Waals surface area (Å²) in [6, 6.07) is 6.77. The number of carboxylic acid groups (broad SMARTS) is 1. The average Bonchev–Trinajstić information content (AvgIpc) is 2.39. The predicted molar refractivity (Wildman–Crippen MR) is 76.0 cm³/mol. The maximum atomic E-state index is 12.1. The fourth-order valence-corrected chi connectivity index (χ4v) is 1.77. The number of carbonyl (C=O) groups is 2. The van der Waals surface area contributed by atoms with Gasteiger partial charge in [0.1, 0.15) is 12.3 Å². The van der Waals surface area contributed by atoms with Crippen LogP contribution in [-0.4, -0.2) is 41.1 Å². The van der Waals surface area contributed by atoms with Crippen LogP contribution in [0, 0.1) is 0 Å². The van der Waals surface area contributed by atoms with Crippen molar-refractivity contribution in [3.05, 3.63) is 41.9 Å². The highest BCUT2D eigenvalue weighted by molar-refractivity contribution is 6.32. The van der Waals surface area contributed by atoms with E-state index in [-0.39, 0.29) is 6.54 Å². The molecule has 0 saturated heterocycles. The maximum absolute atomic E-state index is 12.1. The lowest BCUT2D eigenvalue weighted by atomic mass is 10.3. The molecule has 1 N–H and O–H groups in total. The van der Waals surface area contributed by atoms with Gasteiger partial charge in [-0.25, -0.2) is 0 Å². The van der Waals surface area contributed by atoms with E-state index in [0.717, 1.165) is 4.90 Å². The smallest absolute Gasteiger partial charge is 0.323 e. The number of halogens is 1. The maximum Gasteiger partial charge on any atom is 0.323 e. The van der Waals surface area contributed by atoms with Crippen LogP contribution in [0.15, 0.2) is 36.9 Å². The Kier molecular flexibility index (Phi) is 6.06. The van der Waals surface area contributed by atoms with Crippen molar-refractivity contribution in [3.8, 4) is 5.75 Å². The number of benzene rings is 1. The SMILES string of the molecule is C=CCN(CC(=O)O)C(=O)C(C)Oc1ccccc1Cl. The highest BCUT2D eigenvalue weighted by Crippen LogP contribution is 2.24. The molecule has 1 unspecified atom stereocenters. The van der Waals surface area contributed by atoms with E-state index < -0.39 is 24.5 Å². The number of hydrogen-bond acceptors (Lipinski definition) is 3. The molecule has 5 nitrogen and oxygen atoms in total. The number of para-hydroxylation sites is 1. The van der Waals surface area contributed by atoms with Crippen molar-refractivity contribution in [3.63, 3.8) is 0 Å². The number of ether oxygens (including phenoxy) is 1. The summed E-state index contributed by atoms with van der Waals surface area (Å²) in [5, 5.41) is 9.17. The molecule has 6 heteroatoms. The van der Waals surface area contributed by atoms with Crippen LogP contribution in [-0.2, 0) is 9.59 Å². The molecule has 108 valence electrons. The molecule has 1 amide bonds. The number of aliphatic carboxylic acids is 1. The molecule has 0 aliphatic rings. The van der Waals surface area contributed by atoms with Gasteiger partial charge in [0.2, 0.25) is 0 Å². The summed E-state index contributed by atoms with van der Waals surface area (Å²) in [7, 11) is 0. The monoisotopic (exact) mass is 297 g/mol. The van der Waals surface area contributed by atoms with Gasteiger partial charge < -0.3 is 14.7 Å². The summed E-state index contributed by atoms with van der Waals surface area (Å²) >= 11 is 5.94. The van der Waals surface area contributed by atoms with Crippen LogP contribution in [0.4, 0.5) is 0 Å². The number of amides is 1. The lowest BCUT2D eigenvalue weighted by Crippen LogP contribution is -2.43. The van der Waals surface area contributed by atoms with Crippen LogP contribution in [0.1, 0.15) is 6.92 Å². The molecular weight excluding hydrogens is 282 g/mol. The van der Waals surface area contributed by atoms with Crippen molar-refractivity contribution < 1.29 is 19.4 Å². The van der Waals surface area contributed by atoms with Gasteiger partial charge >= 0.3 is 5.97 Å². The predicted octanol–water partition coefficient (Wildman–Crippen LogP) is 2.21. The van der Waals surface area contributed by atoms with E-state index in [4.69, 9.17) is 21.4 Å². The second kappa shape index (κ2) is 7.55. The van der Waals surface area contributed by atoms with Gasteiger partial charge in [0.15, 0.2) is 6.10 Å². The number of hydrogen-bond donors (Lipinski definition) is 1. The Balaban J connectivity index is 2.76. The second-order valence-corrected chi connectivity index (χ2v) is 4.50. The first-order chi connectivity index (χ1) is 9.45. The van der Waals surface area contributed by atoms with Crippen molar-refractivity contribution in [2.75, 3.05) is 13.1 Å². The zero-order chi connectivity index (χ0) is 15.1. The molecule has 0 fully saturated rings. The number of carbonyl (C=O) groups excluding carboxylic acids is 1. The Morgan fingerprint density at radius 2 is 2.15 bits per heavy atom. The van der Waals surface area contributed by atoms with E-state index in [1.54, 1.807) is 31.2 Å². The van der Waals surface area contributed by atoms with Crippen LogP contribution in [0.3, 0.4) is 0 Å². The first kappa shape index (κ1) is 16.0. The molecule has 0 radical (unpaired) electrons. The minimum atomic E-state index is -1.09. The first-order valence-corrected chi connectivity index (χ1v) is 6.36. The van der Waals surface area contributed by atoms with Gasteiger partial charge in [-0.05, 0) is 19.1 Å². The Hall–Kier alpha value is -2.01. The minimum absolute atomic E-state index is 0.140. The van der Waals surface area contributed by atoms with Crippen molar-refractivity contribution in [2.45, 2.75) is 13.0 Å². The molecule has 1 rings (SSSR count). The van der Waals surface area contributed by atoms with Gasteiger partial charge in [0, 0.05) is 6.54 Å². The molecule has 0 aromatic heterocycles. The number of carboxylic acids is 1. The normalized spacial score (nSPS) is 11.5. The average molecular weight is 298 g/mol. The van der Waals surface area contributed by atoms with E-state index in [1.807, 2.05) is 0 Å². The quantitative estimate of drug-likeness (QED) is 0.784. The molecule has 0 aliphatic carbocycles. The van der Waals surface area contributed by atoms with E-state index in [2.05, 4.69) is 6.58 Å². The Morgan fingerprint density at radius 3 is 2.70 bits per heavy atom. The molecule has 1 aromatic carbocycles. The van der Waals surface area contributed by atoms with Gasteiger partial charge in [-0.1, -0.05) is 29.8 Å². The number of nitrogens with zero attached hydrogens (tertiary/aromatic N) is 1. The summed E-state index contributed by atoms with van der Waals surface area (Å²) in [5.74, 6) is -1.15. The summed E-state index contributed by atoms with van der Waals surface area (Å²) < 4.78 is 5.47. The van der Waals surface area contributed by atoms with Gasteiger partial charge in [0.05, 0.1) is 5.02 Å². The van der Waals surface area contributed by atoms with Crippen molar-refractivity contribution in [1.29, 1.82) is 0 Å². The Bertz CT molecular complexity index is 504. The van der Waals surface area contributed by atoms with Crippen molar-refractivity contribution in [1.82, 2.24) is 4.90 Å². The van der Waals surface area contributed by atoms with E-state index in [9.17, 15) is 9.59 Å². The van der Waals surface area contributed by atoms with Crippen LogP contribution >= 0.6 is 11.6 Å². The van der Waals surface area contributed by atoms with Crippen molar-refractivity contribution in [2.24, 2.45) is 0 Å². The highest BCUT2D eigenvalue weighted by Gasteiger charge is 2.23. The molecule has 0 aliphatic heterocycles. The zero-order valence-corrected chi connectivity index (χ0v) is 11.8. The first-order valence-electron chi connectivity index (χ1n) is 5.98. The van der Waals surface area contributed by atoms with E-state index in [0.29, 0.717) is 10.8 Å². The third kappa shape index (κ3) is 4.59. The Morgan fingerprint density at radius 1 is 1.50 bits per heavy atom. The Labute approximate surface area is 122 Å². The van der Waals surface area contributed by atoms with Gasteiger partial charge in [-0.3, -0.25) is 9.59 Å². The van der Waals surface area contributed by atoms with E-state index >= 15 is 0 Å². The lowest BCUT2D eigenvalue weighted by Gasteiger charge is -2.23. The van der Waals surface area contributed by atoms with Crippen LogP contribution in [0.25, 0.3) is 0 Å². The second-order valence-electron chi connectivity index (χ2n) is 4.09. The van der Waals surface area contributed by atoms with Crippen molar-refractivity contribution >= 4 is 23.5 Å². The lowest BCUT2D eigenvalue weighted by molar-refractivity contribution is -0.146. The summed E-state index contributed by atoms with van der Waals surface area (Å²) in [6.07, 6.45) is 0.623. The van der Waals surface area contributed by atoms with Gasteiger partial charge in [0.25, 0.3) is 5.91 Å². The third-order valence-electron chi connectivity index (χ3n) is 2.48. The summed E-state index contributed by atoms with van der Waals surface area (Å²) in [5.41, 5.74) is 0. The van der Waals surface area contributed by atoms with Crippen LogP contribution < -0.4 is 4.74 Å². The largest absolute Gasteiger partial charge is 0.480 e. The third-order valence-corrected chi connectivity index (χ3v) is 2.79. The highest BCUT2D eigenvalue weighted by atomic mass is 35.5. The van der Waals surface area contributed by atoms with Gasteiger partial charge in [-0.2, -0.15) is 0 Å². The fraction of sp³-hybridized carbons (Fsp3) is 0.286. The molecule has 20 heavy (non-hydrogen) atoms. The fourth-order valence-electron chi connectivity index (χ4n) is 1.59. The van der Waals surface area contributed by atoms with Gasteiger partial charge in [-0.15, -0.1) is 6.58 Å². The molecular formula is C14H16ClNO4. The topological polar surface area (TPSA) is 66.8 Å². The molecule has 0 saturated carbocycles. The standard InChI is InChI=1S/C14H16ClNO4/c1-3-8-16(9-13(17)18)14(19)10(2)20-12-7-5-4-6-11(12)15/h3-7,10H,1,8-9H2,2H3,(H,17,18). The molecule has 0 heterocycles.